The summed E-state index contributed by atoms with van der Waals surface area (Å²) in [6, 6.07) is 40.2. The number of benzene rings is 4. The fraction of sp³-hybridized carbons (Fsp3) is 0.0625. The molecule has 0 saturated heterocycles. The van der Waals surface area contributed by atoms with Crippen molar-refractivity contribution in [1.29, 1.82) is 0 Å². The van der Waals surface area contributed by atoms with Crippen LogP contribution in [-0.2, 0) is 5.41 Å². The lowest BCUT2D eigenvalue weighted by atomic mass is 9.59. The highest BCUT2D eigenvalue weighted by Crippen LogP contribution is 2.52. The molecule has 0 aliphatic carbocycles. The average Bonchev–Trinajstić information content (AvgIpc) is 3.52. The van der Waals surface area contributed by atoms with Crippen LogP contribution >= 0.6 is 11.6 Å². The highest BCUT2D eigenvalue weighted by atomic mass is 35.5. The van der Waals surface area contributed by atoms with Crippen LogP contribution in [0.4, 0.5) is 11.6 Å². The summed E-state index contributed by atoms with van der Waals surface area (Å²) in [5.41, 5.74) is 4.75. The van der Waals surface area contributed by atoms with Gasteiger partial charge in [-0.25, -0.2) is 15.0 Å². The van der Waals surface area contributed by atoms with E-state index >= 15 is 0 Å². The maximum atomic E-state index is 6.01. The number of aromatic nitrogens is 5. The molecule has 190 valence electrons. The van der Waals surface area contributed by atoms with Gasteiger partial charge in [-0.05, 0) is 46.0 Å². The predicted molar refractivity (Wildman–Crippen MR) is 154 cm³/mol. The lowest BCUT2D eigenvalue weighted by Gasteiger charge is -2.42. The fourth-order valence-corrected chi connectivity index (χ4v) is 5.54. The fourth-order valence-electron chi connectivity index (χ4n) is 5.41. The molecule has 0 aliphatic rings. The van der Waals surface area contributed by atoms with E-state index in [-0.39, 0.29) is 11.2 Å². The van der Waals surface area contributed by atoms with Crippen LogP contribution < -0.4 is 5.32 Å². The first-order valence-corrected chi connectivity index (χ1v) is 13.0. The van der Waals surface area contributed by atoms with Crippen molar-refractivity contribution in [2.75, 3.05) is 5.32 Å². The van der Waals surface area contributed by atoms with Gasteiger partial charge in [0.05, 0.1) is 11.3 Å². The normalized spacial score (nSPS) is 12.1. The average molecular weight is 529 g/mol. The molecule has 2 N–H and O–H groups in total. The Morgan fingerprint density at radius 2 is 1.31 bits per heavy atom. The highest BCUT2D eigenvalue weighted by molar-refractivity contribution is 6.28. The molecule has 0 spiro atoms. The Bertz CT molecular complexity index is 1540. The van der Waals surface area contributed by atoms with Gasteiger partial charge in [-0.15, -0.1) is 0 Å². The molecule has 7 heteroatoms. The Morgan fingerprint density at radius 3 is 1.85 bits per heavy atom. The van der Waals surface area contributed by atoms with Gasteiger partial charge >= 0.3 is 0 Å². The van der Waals surface area contributed by atoms with E-state index in [1.807, 2.05) is 24.5 Å². The van der Waals surface area contributed by atoms with Gasteiger partial charge in [0.25, 0.3) is 0 Å². The van der Waals surface area contributed by atoms with Crippen molar-refractivity contribution in [2.45, 2.75) is 11.3 Å². The van der Waals surface area contributed by atoms with Crippen LogP contribution in [-0.4, -0.2) is 24.9 Å². The van der Waals surface area contributed by atoms with Crippen molar-refractivity contribution in [3.63, 3.8) is 0 Å². The minimum atomic E-state index is -0.614. The number of aromatic amines is 1. The number of halogens is 1. The largest absolute Gasteiger partial charge is 0.348 e. The summed E-state index contributed by atoms with van der Waals surface area (Å²) in [7, 11) is 0. The molecular weight excluding hydrogens is 504 g/mol. The molecule has 0 fully saturated rings. The second kappa shape index (κ2) is 10.9. The first-order valence-electron chi connectivity index (χ1n) is 12.6. The third kappa shape index (κ3) is 4.78. The van der Waals surface area contributed by atoms with Crippen LogP contribution in [0.1, 0.15) is 34.0 Å². The Labute approximate surface area is 231 Å². The topological polar surface area (TPSA) is 79.4 Å². The van der Waals surface area contributed by atoms with E-state index in [1.54, 1.807) is 0 Å². The third-order valence-corrected chi connectivity index (χ3v) is 7.11. The number of nitrogens with one attached hydrogen (secondary N) is 2. The van der Waals surface area contributed by atoms with Gasteiger partial charge in [-0.1, -0.05) is 103 Å². The lowest BCUT2D eigenvalue weighted by molar-refractivity contribution is 0.519. The molecule has 4 aromatic carbocycles. The molecular formula is C32H25ClN6. The molecule has 0 bridgehead atoms. The van der Waals surface area contributed by atoms with Gasteiger partial charge in [0, 0.05) is 18.1 Å². The summed E-state index contributed by atoms with van der Waals surface area (Å²) >= 11 is 6.01. The molecule has 2 heterocycles. The van der Waals surface area contributed by atoms with E-state index in [9.17, 15) is 0 Å². The molecule has 1 unspecified atom stereocenters. The van der Waals surface area contributed by atoms with Crippen LogP contribution in [0.5, 0.6) is 0 Å². The van der Waals surface area contributed by atoms with Crippen molar-refractivity contribution >= 4 is 23.2 Å². The van der Waals surface area contributed by atoms with Crippen LogP contribution in [0.2, 0.25) is 5.28 Å². The molecule has 0 radical (unpaired) electrons. The third-order valence-electron chi connectivity index (χ3n) is 6.93. The zero-order valence-corrected chi connectivity index (χ0v) is 21.7. The Morgan fingerprint density at radius 1 is 0.692 bits per heavy atom. The van der Waals surface area contributed by atoms with E-state index < -0.39 is 5.41 Å². The summed E-state index contributed by atoms with van der Waals surface area (Å²) in [4.78, 5) is 20.6. The van der Waals surface area contributed by atoms with Crippen molar-refractivity contribution in [1.82, 2.24) is 24.9 Å². The second-order valence-corrected chi connectivity index (χ2v) is 9.48. The molecule has 1 atom stereocenters. The van der Waals surface area contributed by atoms with Gasteiger partial charge in [-0.2, -0.15) is 4.98 Å². The standard InChI is InChI=1S/C32H25ClN6/c33-30-36-22-37-31(39-30)38-27-18-10-11-23(21-27)28(29-34-19-20-35-29)32(24-12-4-1-5-13-24,25-14-6-2-7-15-25)26-16-8-3-9-17-26/h1-22,28H,(H,34,35)(H,36,37,38,39). The van der Waals surface area contributed by atoms with Gasteiger partial charge in [0.15, 0.2) is 0 Å². The maximum Gasteiger partial charge on any atom is 0.231 e. The Kier molecular flexibility index (Phi) is 6.85. The van der Waals surface area contributed by atoms with Crippen molar-refractivity contribution in [3.8, 4) is 0 Å². The SMILES string of the molecule is Clc1ncnc(Nc2cccc(C(c3ncc[nH]3)C(c3ccccc3)(c3ccccc3)c3ccccc3)c2)n1. The van der Waals surface area contributed by atoms with Crippen molar-refractivity contribution < 1.29 is 0 Å². The van der Waals surface area contributed by atoms with E-state index in [2.05, 4.69) is 128 Å². The van der Waals surface area contributed by atoms with Crippen LogP contribution in [0.25, 0.3) is 0 Å². The van der Waals surface area contributed by atoms with E-state index in [0.717, 1.165) is 33.8 Å². The molecule has 0 aliphatic heterocycles. The summed E-state index contributed by atoms with van der Waals surface area (Å²) in [6.07, 6.45) is 5.07. The highest BCUT2D eigenvalue weighted by Gasteiger charge is 2.46. The minimum absolute atomic E-state index is 0.133. The molecule has 6 rings (SSSR count). The molecule has 2 aromatic heterocycles. The molecule has 0 saturated carbocycles. The molecule has 6 aromatic rings. The number of nitrogens with zero attached hydrogens (tertiary/aromatic N) is 4. The van der Waals surface area contributed by atoms with E-state index in [4.69, 9.17) is 16.6 Å². The summed E-state index contributed by atoms with van der Waals surface area (Å²) in [5, 5.41) is 3.41. The van der Waals surface area contributed by atoms with Crippen molar-refractivity contribution in [2.24, 2.45) is 0 Å². The first kappa shape index (κ1) is 24.5. The molecule has 0 amide bonds. The van der Waals surface area contributed by atoms with E-state index in [1.165, 1.54) is 6.33 Å². The lowest BCUT2D eigenvalue weighted by Crippen LogP contribution is -2.38. The molecule has 6 nitrogen and oxygen atoms in total. The van der Waals surface area contributed by atoms with E-state index in [0.29, 0.717) is 5.95 Å². The Hall–Kier alpha value is -4.81. The van der Waals surface area contributed by atoms with Crippen LogP contribution in [0.15, 0.2) is 134 Å². The number of hydrogen-bond donors (Lipinski definition) is 2. The minimum Gasteiger partial charge on any atom is -0.348 e. The van der Waals surface area contributed by atoms with Crippen LogP contribution in [0, 0.1) is 0 Å². The van der Waals surface area contributed by atoms with Crippen LogP contribution in [0.3, 0.4) is 0 Å². The predicted octanol–water partition coefficient (Wildman–Crippen LogP) is 7.16. The quantitative estimate of drug-likeness (QED) is 0.205. The zero-order valence-electron chi connectivity index (χ0n) is 20.9. The van der Waals surface area contributed by atoms with Gasteiger partial charge in [0.1, 0.15) is 12.2 Å². The number of H-pyrrole nitrogens is 1. The summed E-state index contributed by atoms with van der Waals surface area (Å²) in [5.74, 6) is 1.01. The zero-order chi connectivity index (χ0) is 26.5. The summed E-state index contributed by atoms with van der Waals surface area (Å²) < 4.78 is 0. The number of anilines is 2. The monoisotopic (exact) mass is 528 g/mol. The number of hydrogen-bond acceptors (Lipinski definition) is 5. The first-order chi connectivity index (χ1) is 19.2. The smallest absolute Gasteiger partial charge is 0.231 e. The number of imidazole rings is 1. The summed E-state index contributed by atoms with van der Waals surface area (Å²) in [6.45, 7) is 0. The number of rotatable bonds is 8. The Balaban J connectivity index is 1.63. The molecule has 39 heavy (non-hydrogen) atoms. The van der Waals surface area contributed by atoms with Gasteiger partial charge < -0.3 is 10.3 Å². The second-order valence-electron chi connectivity index (χ2n) is 9.14. The van der Waals surface area contributed by atoms with Gasteiger partial charge in [0.2, 0.25) is 11.2 Å². The maximum absolute atomic E-state index is 6.01. The van der Waals surface area contributed by atoms with Gasteiger partial charge in [-0.3, -0.25) is 0 Å². The van der Waals surface area contributed by atoms with Crippen molar-refractivity contribution in [3.05, 3.63) is 167 Å².